The Morgan fingerprint density at radius 2 is 1.76 bits per heavy atom. The quantitative estimate of drug-likeness (QED) is 0.399. The van der Waals surface area contributed by atoms with Gasteiger partial charge in [0.25, 0.3) is 0 Å². The molecule has 29 heavy (non-hydrogen) atoms. The maximum atomic E-state index is 13.0. The first-order valence-electron chi connectivity index (χ1n) is 9.31. The summed E-state index contributed by atoms with van der Waals surface area (Å²) in [5.41, 5.74) is 0.578. The molecule has 1 atom stereocenters. The number of ketones is 1. The summed E-state index contributed by atoms with van der Waals surface area (Å²) in [6.07, 6.45) is 1.77. The first-order valence-corrected chi connectivity index (χ1v) is 11.1. The SMILES string of the molecule is CC(=O)c1ccc(OC(=O)c2ccc(Cl)c(S(=O)(=O)N3CCCC(C)C3)c2)cc1. The second-order valence-electron chi connectivity index (χ2n) is 7.23. The number of esters is 1. The first-order chi connectivity index (χ1) is 13.7. The van der Waals surface area contributed by atoms with Crippen molar-refractivity contribution in [2.45, 2.75) is 31.6 Å². The van der Waals surface area contributed by atoms with E-state index in [0.29, 0.717) is 18.7 Å². The topological polar surface area (TPSA) is 80.8 Å². The zero-order valence-corrected chi connectivity index (χ0v) is 17.8. The van der Waals surface area contributed by atoms with Crippen LogP contribution in [0.15, 0.2) is 47.4 Å². The van der Waals surface area contributed by atoms with Crippen molar-refractivity contribution in [1.29, 1.82) is 0 Å². The van der Waals surface area contributed by atoms with E-state index in [0.717, 1.165) is 12.8 Å². The highest BCUT2D eigenvalue weighted by atomic mass is 35.5. The summed E-state index contributed by atoms with van der Waals surface area (Å²) in [5.74, 6) is -0.282. The zero-order valence-electron chi connectivity index (χ0n) is 16.2. The molecule has 2 aromatic rings. The number of rotatable bonds is 5. The number of Topliss-reactive ketones (excluding diaryl/α,β-unsaturated/α-hetero) is 1. The van der Waals surface area contributed by atoms with E-state index in [4.69, 9.17) is 16.3 Å². The van der Waals surface area contributed by atoms with Gasteiger partial charge in [-0.05, 0) is 68.1 Å². The Balaban J connectivity index is 1.84. The smallest absolute Gasteiger partial charge is 0.343 e. The van der Waals surface area contributed by atoms with Crippen molar-refractivity contribution >= 4 is 33.4 Å². The van der Waals surface area contributed by atoms with E-state index in [2.05, 4.69) is 0 Å². The minimum atomic E-state index is -3.81. The highest BCUT2D eigenvalue weighted by Crippen LogP contribution is 2.29. The molecule has 0 N–H and O–H groups in total. The van der Waals surface area contributed by atoms with Crippen LogP contribution in [0.1, 0.15) is 47.4 Å². The van der Waals surface area contributed by atoms with E-state index in [1.165, 1.54) is 41.6 Å². The van der Waals surface area contributed by atoms with E-state index < -0.39 is 16.0 Å². The number of halogens is 1. The number of ether oxygens (including phenoxy) is 1. The number of piperidine rings is 1. The van der Waals surface area contributed by atoms with Crippen LogP contribution in [-0.4, -0.2) is 37.6 Å². The van der Waals surface area contributed by atoms with Crippen LogP contribution >= 0.6 is 11.6 Å². The molecule has 1 heterocycles. The molecule has 1 fully saturated rings. The summed E-state index contributed by atoms with van der Waals surface area (Å²) < 4.78 is 32.8. The lowest BCUT2D eigenvalue weighted by Gasteiger charge is -2.30. The Kier molecular flexibility index (Phi) is 6.41. The average molecular weight is 436 g/mol. The number of carbonyl (C=O) groups is 2. The number of sulfonamides is 1. The van der Waals surface area contributed by atoms with Gasteiger partial charge in [0.1, 0.15) is 10.6 Å². The zero-order chi connectivity index (χ0) is 21.2. The van der Waals surface area contributed by atoms with Gasteiger partial charge < -0.3 is 4.74 Å². The maximum Gasteiger partial charge on any atom is 0.343 e. The molecule has 1 aliphatic rings. The fraction of sp³-hybridized carbons (Fsp3) is 0.333. The summed E-state index contributed by atoms with van der Waals surface area (Å²) in [6.45, 7) is 4.31. The summed E-state index contributed by atoms with van der Waals surface area (Å²) in [7, 11) is -3.81. The number of nitrogens with zero attached hydrogens (tertiary/aromatic N) is 1. The monoisotopic (exact) mass is 435 g/mol. The van der Waals surface area contributed by atoms with Gasteiger partial charge >= 0.3 is 5.97 Å². The molecule has 1 unspecified atom stereocenters. The molecule has 1 aliphatic heterocycles. The Hall–Kier alpha value is -2.22. The largest absolute Gasteiger partial charge is 0.423 e. The van der Waals surface area contributed by atoms with Crippen molar-refractivity contribution in [2.24, 2.45) is 5.92 Å². The van der Waals surface area contributed by atoms with Crippen LogP contribution in [0, 0.1) is 5.92 Å². The van der Waals surface area contributed by atoms with Crippen LogP contribution in [0.3, 0.4) is 0 Å². The van der Waals surface area contributed by atoms with Crippen LogP contribution in [0.25, 0.3) is 0 Å². The molecule has 154 valence electrons. The van der Waals surface area contributed by atoms with Crippen molar-refractivity contribution in [1.82, 2.24) is 4.31 Å². The third kappa shape index (κ3) is 4.86. The Labute approximate surface area is 175 Å². The standard InChI is InChI=1S/C21H22ClNO5S/c1-14-4-3-11-23(13-14)29(26,27)20-12-17(7-10-19(20)22)21(25)28-18-8-5-16(6-9-18)15(2)24/h5-10,12,14H,3-4,11,13H2,1-2H3. The van der Waals surface area contributed by atoms with Gasteiger partial charge in [-0.15, -0.1) is 0 Å². The van der Waals surface area contributed by atoms with E-state index in [1.54, 1.807) is 12.1 Å². The lowest BCUT2D eigenvalue weighted by atomic mass is 10.0. The first kappa shape index (κ1) is 21.5. The van der Waals surface area contributed by atoms with Gasteiger partial charge in [-0.1, -0.05) is 18.5 Å². The van der Waals surface area contributed by atoms with Gasteiger partial charge in [0, 0.05) is 18.7 Å². The summed E-state index contributed by atoms with van der Waals surface area (Å²) in [6, 6.07) is 10.2. The van der Waals surface area contributed by atoms with Crippen LogP contribution < -0.4 is 4.74 Å². The van der Waals surface area contributed by atoms with Crippen LogP contribution in [0.2, 0.25) is 5.02 Å². The van der Waals surface area contributed by atoms with Crippen molar-refractivity contribution < 1.29 is 22.7 Å². The normalized spacial score (nSPS) is 17.7. The molecule has 0 aromatic heterocycles. The van der Waals surface area contributed by atoms with Gasteiger partial charge in [-0.25, -0.2) is 13.2 Å². The summed E-state index contributed by atoms with van der Waals surface area (Å²) >= 11 is 6.16. The predicted molar refractivity (Wildman–Crippen MR) is 110 cm³/mol. The van der Waals surface area contributed by atoms with Crippen LogP contribution in [-0.2, 0) is 10.0 Å². The molecule has 0 radical (unpaired) electrons. The second-order valence-corrected chi connectivity index (χ2v) is 9.54. The molecule has 0 aliphatic carbocycles. The molecule has 1 saturated heterocycles. The molecular formula is C21H22ClNO5S. The van der Waals surface area contributed by atoms with Gasteiger partial charge in [0.2, 0.25) is 10.0 Å². The molecule has 3 rings (SSSR count). The fourth-order valence-corrected chi connectivity index (χ4v) is 5.35. The van der Waals surface area contributed by atoms with Gasteiger partial charge in [-0.2, -0.15) is 4.31 Å². The average Bonchev–Trinajstić information content (AvgIpc) is 2.68. The predicted octanol–water partition coefficient (Wildman–Crippen LogP) is 4.18. The van der Waals surface area contributed by atoms with Crippen LogP contribution in [0.5, 0.6) is 5.75 Å². The summed E-state index contributed by atoms with van der Waals surface area (Å²) in [5, 5.41) is 0.0607. The molecule has 2 aromatic carbocycles. The Morgan fingerprint density at radius 1 is 1.10 bits per heavy atom. The van der Waals surface area contributed by atoms with Crippen LogP contribution in [0.4, 0.5) is 0 Å². The molecule has 0 saturated carbocycles. The molecule has 0 bridgehead atoms. The summed E-state index contributed by atoms with van der Waals surface area (Å²) in [4.78, 5) is 23.7. The number of hydrogen-bond acceptors (Lipinski definition) is 5. The molecular weight excluding hydrogens is 414 g/mol. The number of carbonyl (C=O) groups excluding carboxylic acids is 2. The Morgan fingerprint density at radius 3 is 2.38 bits per heavy atom. The highest BCUT2D eigenvalue weighted by molar-refractivity contribution is 7.89. The van der Waals surface area contributed by atoms with Crippen molar-refractivity contribution in [3.8, 4) is 5.75 Å². The van der Waals surface area contributed by atoms with E-state index in [-0.39, 0.29) is 32.9 Å². The molecule has 0 spiro atoms. The van der Waals surface area contributed by atoms with Crippen molar-refractivity contribution in [2.75, 3.05) is 13.1 Å². The Bertz CT molecular complexity index is 1030. The van der Waals surface area contributed by atoms with Crippen molar-refractivity contribution in [3.05, 3.63) is 58.6 Å². The molecule has 8 heteroatoms. The molecule has 0 amide bonds. The third-order valence-electron chi connectivity index (χ3n) is 4.88. The maximum absolute atomic E-state index is 13.0. The van der Waals surface area contributed by atoms with E-state index in [9.17, 15) is 18.0 Å². The lowest BCUT2D eigenvalue weighted by Crippen LogP contribution is -2.39. The fourth-order valence-electron chi connectivity index (χ4n) is 3.26. The second kappa shape index (κ2) is 8.65. The van der Waals surface area contributed by atoms with Gasteiger partial charge in [0.15, 0.2) is 5.78 Å². The number of hydrogen-bond donors (Lipinski definition) is 0. The minimum absolute atomic E-state index is 0.0607. The van der Waals surface area contributed by atoms with E-state index >= 15 is 0 Å². The minimum Gasteiger partial charge on any atom is -0.423 e. The number of benzene rings is 2. The third-order valence-corrected chi connectivity index (χ3v) is 7.22. The lowest BCUT2D eigenvalue weighted by molar-refractivity contribution is 0.0734. The molecule has 6 nitrogen and oxygen atoms in total. The van der Waals surface area contributed by atoms with Gasteiger partial charge in [-0.3, -0.25) is 4.79 Å². The van der Waals surface area contributed by atoms with E-state index in [1.807, 2.05) is 6.92 Å². The van der Waals surface area contributed by atoms with Crippen molar-refractivity contribution in [3.63, 3.8) is 0 Å². The highest BCUT2D eigenvalue weighted by Gasteiger charge is 2.31. The van der Waals surface area contributed by atoms with Gasteiger partial charge in [0.05, 0.1) is 10.6 Å².